The Balaban J connectivity index is 0.921. The summed E-state index contributed by atoms with van der Waals surface area (Å²) in [5.41, 5.74) is 13.6. The van der Waals surface area contributed by atoms with Crippen LogP contribution in [0.3, 0.4) is 0 Å². The van der Waals surface area contributed by atoms with Crippen LogP contribution in [-0.2, 0) is 23.3 Å². The van der Waals surface area contributed by atoms with Gasteiger partial charge in [-0.05, 0) is 70.3 Å². The van der Waals surface area contributed by atoms with Crippen LogP contribution in [-0.4, -0.2) is 41.2 Å². The quantitative estimate of drug-likeness (QED) is 0.128. The highest BCUT2D eigenvalue weighted by molar-refractivity contribution is 7.19. The van der Waals surface area contributed by atoms with Gasteiger partial charge in [0.05, 0.1) is 22.3 Å². The lowest BCUT2D eigenvalue weighted by Crippen LogP contribution is -2.29. The summed E-state index contributed by atoms with van der Waals surface area (Å²) < 4.78 is 12.1. The SMILES string of the molecule is CN(CCOC(=O)NCc1ccc(COc2nccc(N)n2)cc1)c1ccc2c(c1)C(C)(C)c1cc(/C=C(\C#N)c3nc4ccccc4s3)sc1-2. The van der Waals surface area contributed by atoms with Gasteiger partial charge >= 0.3 is 12.1 Å². The number of alkyl carbamates (subject to hydrolysis) is 1. The zero-order valence-corrected chi connectivity index (χ0v) is 30.0. The van der Waals surface area contributed by atoms with Crippen LogP contribution >= 0.6 is 22.7 Å². The molecule has 12 heteroatoms. The van der Waals surface area contributed by atoms with Crippen molar-refractivity contribution in [3.63, 3.8) is 0 Å². The summed E-state index contributed by atoms with van der Waals surface area (Å²) in [5.74, 6) is 0.350. The third-order valence-electron chi connectivity index (χ3n) is 8.86. The number of para-hydroxylation sites is 1. The molecule has 0 aliphatic heterocycles. The van der Waals surface area contributed by atoms with Crippen LogP contribution in [0, 0.1) is 11.3 Å². The maximum absolute atomic E-state index is 12.4. The molecular formula is C39H35N7O3S2. The number of anilines is 2. The number of fused-ring (bicyclic) bond motifs is 4. The molecule has 1 aliphatic carbocycles. The Labute approximate surface area is 303 Å². The van der Waals surface area contributed by atoms with Gasteiger partial charge in [-0.2, -0.15) is 10.2 Å². The number of nitrogens with zero attached hydrogens (tertiary/aromatic N) is 5. The van der Waals surface area contributed by atoms with Gasteiger partial charge in [0.15, 0.2) is 0 Å². The van der Waals surface area contributed by atoms with Crippen LogP contribution in [0.4, 0.5) is 16.3 Å². The first-order chi connectivity index (χ1) is 24.7. The molecule has 51 heavy (non-hydrogen) atoms. The van der Waals surface area contributed by atoms with E-state index in [4.69, 9.17) is 20.2 Å². The van der Waals surface area contributed by atoms with Crippen molar-refractivity contribution in [1.29, 1.82) is 5.26 Å². The number of nitrogens with one attached hydrogen (secondary N) is 1. The minimum Gasteiger partial charge on any atom is -0.459 e. The molecule has 3 aromatic carbocycles. The van der Waals surface area contributed by atoms with E-state index in [0.29, 0.717) is 31.1 Å². The third-order valence-corrected chi connectivity index (χ3v) is 11.0. The second-order valence-electron chi connectivity index (χ2n) is 12.7. The van der Waals surface area contributed by atoms with E-state index in [1.165, 1.54) is 21.6 Å². The Bertz CT molecular complexity index is 2270. The fraction of sp³-hybridized carbons (Fsp3) is 0.205. The number of ether oxygens (including phenoxy) is 2. The van der Waals surface area contributed by atoms with Gasteiger partial charge < -0.3 is 25.4 Å². The highest BCUT2D eigenvalue weighted by atomic mass is 32.1. The molecule has 0 unspecified atom stereocenters. The maximum atomic E-state index is 12.4. The van der Waals surface area contributed by atoms with Crippen molar-refractivity contribution >= 4 is 62.1 Å². The first-order valence-electron chi connectivity index (χ1n) is 16.4. The fourth-order valence-corrected chi connectivity index (χ4v) is 8.23. The lowest BCUT2D eigenvalue weighted by atomic mass is 9.82. The monoisotopic (exact) mass is 713 g/mol. The van der Waals surface area contributed by atoms with Gasteiger partial charge in [-0.15, -0.1) is 22.7 Å². The third kappa shape index (κ3) is 7.26. The Morgan fingerprint density at radius 2 is 1.82 bits per heavy atom. The van der Waals surface area contributed by atoms with Crippen molar-refractivity contribution in [1.82, 2.24) is 20.3 Å². The van der Waals surface area contributed by atoms with Crippen molar-refractivity contribution in [3.05, 3.63) is 117 Å². The van der Waals surface area contributed by atoms with Crippen LogP contribution < -0.4 is 20.7 Å². The molecule has 3 heterocycles. The van der Waals surface area contributed by atoms with E-state index in [0.717, 1.165) is 36.9 Å². The maximum Gasteiger partial charge on any atom is 0.407 e. The number of likely N-dealkylation sites (N-methyl/N-ethyl adjacent to an activating group) is 1. The van der Waals surface area contributed by atoms with Crippen molar-refractivity contribution in [3.8, 4) is 22.5 Å². The molecule has 0 saturated heterocycles. The number of nitrogen functional groups attached to an aromatic ring is 1. The van der Waals surface area contributed by atoms with E-state index in [1.807, 2.05) is 61.7 Å². The second kappa shape index (κ2) is 14.2. The zero-order chi connectivity index (χ0) is 35.5. The van der Waals surface area contributed by atoms with E-state index < -0.39 is 6.09 Å². The number of nitrogens with two attached hydrogens (primary N) is 1. The predicted octanol–water partition coefficient (Wildman–Crippen LogP) is 8.04. The van der Waals surface area contributed by atoms with Crippen molar-refractivity contribution in [2.24, 2.45) is 0 Å². The number of aromatic nitrogens is 3. The number of hydrogen-bond acceptors (Lipinski definition) is 11. The molecule has 0 fully saturated rings. The van der Waals surface area contributed by atoms with Gasteiger partial charge in [-0.3, -0.25) is 0 Å². The van der Waals surface area contributed by atoms with Gasteiger partial charge in [0, 0.05) is 40.6 Å². The number of carbonyl (C=O) groups is 1. The molecule has 0 saturated carbocycles. The van der Waals surface area contributed by atoms with Crippen LogP contribution in [0.5, 0.6) is 6.01 Å². The van der Waals surface area contributed by atoms with Crippen LogP contribution in [0.25, 0.3) is 32.3 Å². The number of thiophene rings is 1. The number of hydrogen-bond donors (Lipinski definition) is 2. The first kappa shape index (κ1) is 33.7. The Morgan fingerprint density at radius 3 is 2.61 bits per heavy atom. The molecule has 256 valence electrons. The van der Waals surface area contributed by atoms with Gasteiger partial charge in [0.2, 0.25) is 0 Å². The van der Waals surface area contributed by atoms with E-state index in [2.05, 4.69) is 64.4 Å². The second-order valence-corrected chi connectivity index (χ2v) is 14.8. The van der Waals surface area contributed by atoms with Crippen molar-refractivity contribution < 1.29 is 14.3 Å². The summed E-state index contributed by atoms with van der Waals surface area (Å²) in [4.78, 5) is 29.6. The summed E-state index contributed by atoms with van der Waals surface area (Å²) >= 11 is 3.25. The lowest BCUT2D eigenvalue weighted by molar-refractivity contribution is 0.148. The van der Waals surface area contributed by atoms with Crippen LogP contribution in [0.1, 0.15) is 46.0 Å². The van der Waals surface area contributed by atoms with Crippen LogP contribution in [0.2, 0.25) is 0 Å². The van der Waals surface area contributed by atoms with Crippen molar-refractivity contribution in [2.75, 3.05) is 30.8 Å². The summed E-state index contributed by atoms with van der Waals surface area (Å²) in [5, 5.41) is 13.5. The highest BCUT2D eigenvalue weighted by Crippen LogP contribution is 2.53. The molecule has 0 atom stereocenters. The summed E-state index contributed by atoms with van der Waals surface area (Å²) in [6.45, 7) is 5.91. The van der Waals surface area contributed by atoms with E-state index in [9.17, 15) is 10.1 Å². The molecule has 3 N–H and O–H groups in total. The van der Waals surface area contributed by atoms with Gasteiger partial charge in [0.1, 0.15) is 30.1 Å². The number of benzene rings is 3. The zero-order valence-electron chi connectivity index (χ0n) is 28.3. The number of allylic oxidation sites excluding steroid dienone is 1. The summed E-state index contributed by atoms with van der Waals surface area (Å²) in [6.07, 6.45) is 3.04. The standard InChI is InChI=1S/C39H35N7O3S2/c1-39(2)30-19-27(12-13-29(30)35-31(39)20-28(50-35)18-26(21-40)36-44-32-6-4-5-7-33(32)51-36)46(3)16-17-48-38(47)43-22-24-8-10-25(11-9-24)23-49-37-42-15-14-34(41)45-37/h4-15,18-20H,16-17,22-23H2,1-3H3,(H,43,47)(H2,41,42,45)/b26-18+. The molecule has 0 spiro atoms. The Hall–Kier alpha value is -5.77. The molecule has 7 rings (SSSR count). The topological polar surface area (TPSA) is 139 Å². The smallest absolute Gasteiger partial charge is 0.407 e. The minimum atomic E-state index is -0.471. The average molecular weight is 714 g/mol. The first-order valence-corrected chi connectivity index (χ1v) is 18.0. The lowest BCUT2D eigenvalue weighted by Gasteiger charge is -2.24. The van der Waals surface area contributed by atoms with Gasteiger partial charge in [-0.25, -0.2) is 14.8 Å². The summed E-state index contributed by atoms with van der Waals surface area (Å²) in [6, 6.07) is 28.6. The fourth-order valence-electron chi connectivity index (χ4n) is 6.00. The van der Waals surface area contributed by atoms with E-state index >= 15 is 0 Å². The minimum absolute atomic E-state index is 0.209. The largest absolute Gasteiger partial charge is 0.459 e. The van der Waals surface area contributed by atoms with Gasteiger partial charge in [0.25, 0.3) is 0 Å². The highest BCUT2D eigenvalue weighted by Gasteiger charge is 2.37. The normalized spacial score (nSPS) is 12.9. The van der Waals surface area contributed by atoms with Crippen LogP contribution in [0.15, 0.2) is 85.1 Å². The van der Waals surface area contributed by atoms with Gasteiger partial charge in [-0.1, -0.05) is 56.3 Å². The number of thiazole rings is 1. The molecule has 0 radical (unpaired) electrons. The van der Waals surface area contributed by atoms with Crippen molar-refractivity contribution in [2.45, 2.75) is 32.4 Å². The molecule has 0 bridgehead atoms. The molecule has 1 aliphatic rings. The predicted molar refractivity (Wildman–Crippen MR) is 204 cm³/mol. The summed E-state index contributed by atoms with van der Waals surface area (Å²) in [7, 11) is 2.00. The Kier molecular flexibility index (Phi) is 9.40. The molecular weight excluding hydrogens is 679 g/mol. The molecule has 1 amide bonds. The number of nitriles is 1. The molecule has 3 aromatic heterocycles. The average Bonchev–Trinajstić information content (AvgIpc) is 3.82. The number of amides is 1. The molecule has 10 nitrogen and oxygen atoms in total. The molecule has 6 aromatic rings. The van der Waals surface area contributed by atoms with E-state index in [1.54, 1.807) is 34.9 Å². The number of rotatable bonds is 11. The Morgan fingerprint density at radius 1 is 1.02 bits per heavy atom. The van der Waals surface area contributed by atoms with E-state index in [-0.39, 0.29) is 18.0 Å². The number of carbonyl (C=O) groups excluding carboxylic acids is 1.